The van der Waals surface area contributed by atoms with Gasteiger partial charge in [-0.05, 0) is 42.4 Å². The Balaban J connectivity index is 2.04. The first-order chi connectivity index (χ1) is 11.7. The van der Waals surface area contributed by atoms with Crippen LogP contribution in [0.3, 0.4) is 0 Å². The third-order valence-corrected chi connectivity index (χ3v) is 4.52. The molecule has 2 N–H and O–H groups in total. The van der Waals surface area contributed by atoms with Crippen molar-refractivity contribution < 1.29 is 19.1 Å². The van der Waals surface area contributed by atoms with Gasteiger partial charge in [0.25, 0.3) is 0 Å². The maximum Gasteiger partial charge on any atom is 0.317 e. The van der Waals surface area contributed by atoms with Crippen LogP contribution in [0, 0.1) is 17.2 Å². The van der Waals surface area contributed by atoms with Gasteiger partial charge in [-0.3, -0.25) is 4.79 Å². The smallest absolute Gasteiger partial charge is 0.317 e. The number of aliphatic carboxylic acids is 1. The molecule has 6 heteroatoms. The second-order valence-corrected chi connectivity index (χ2v) is 7.92. The molecule has 25 heavy (non-hydrogen) atoms. The Morgan fingerprint density at radius 1 is 1.24 bits per heavy atom. The molecule has 1 aliphatic heterocycles. The SMILES string of the molecule is CC(C)(C)CC(NC(=O)N1CCC(C(=O)O)CC1)c1ccc(F)cc1. The average Bonchev–Trinajstić information content (AvgIpc) is 2.53. The van der Waals surface area contributed by atoms with Gasteiger partial charge < -0.3 is 15.3 Å². The number of urea groups is 1. The van der Waals surface area contributed by atoms with Crippen LogP contribution in [0.4, 0.5) is 9.18 Å². The number of carbonyl (C=O) groups is 2. The summed E-state index contributed by atoms with van der Waals surface area (Å²) in [5.74, 6) is -1.47. The molecule has 138 valence electrons. The summed E-state index contributed by atoms with van der Waals surface area (Å²) in [6.07, 6.45) is 1.67. The number of carboxylic acids is 1. The molecule has 0 aliphatic carbocycles. The number of likely N-dealkylation sites (tertiary alicyclic amines) is 1. The second-order valence-electron chi connectivity index (χ2n) is 7.92. The van der Waals surface area contributed by atoms with Crippen LogP contribution in [0.25, 0.3) is 0 Å². The fourth-order valence-corrected chi connectivity index (χ4v) is 3.13. The topological polar surface area (TPSA) is 69.6 Å². The highest BCUT2D eigenvalue weighted by Crippen LogP contribution is 2.30. The van der Waals surface area contributed by atoms with Gasteiger partial charge in [-0.1, -0.05) is 32.9 Å². The summed E-state index contributed by atoms with van der Waals surface area (Å²) in [6, 6.07) is 5.78. The average molecular weight is 350 g/mol. The molecule has 1 aliphatic rings. The van der Waals surface area contributed by atoms with Crippen molar-refractivity contribution in [1.29, 1.82) is 0 Å². The van der Waals surface area contributed by atoms with E-state index < -0.39 is 5.97 Å². The van der Waals surface area contributed by atoms with Gasteiger partial charge in [0, 0.05) is 13.1 Å². The van der Waals surface area contributed by atoms with Crippen molar-refractivity contribution in [3.63, 3.8) is 0 Å². The molecule has 1 atom stereocenters. The minimum absolute atomic E-state index is 0.0113. The number of nitrogens with zero attached hydrogens (tertiary/aromatic N) is 1. The first kappa shape index (κ1) is 19.2. The molecule has 2 rings (SSSR count). The number of rotatable bonds is 4. The number of halogens is 1. The number of hydrogen-bond donors (Lipinski definition) is 2. The molecule has 1 aromatic carbocycles. The normalized spacial score (nSPS) is 17.2. The van der Waals surface area contributed by atoms with Crippen molar-refractivity contribution in [3.05, 3.63) is 35.6 Å². The molecule has 1 heterocycles. The molecule has 0 aromatic heterocycles. The predicted molar refractivity (Wildman–Crippen MR) is 93.7 cm³/mol. The zero-order valence-electron chi connectivity index (χ0n) is 15.1. The van der Waals surface area contributed by atoms with Crippen molar-refractivity contribution in [2.75, 3.05) is 13.1 Å². The summed E-state index contributed by atoms with van der Waals surface area (Å²) in [6.45, 7) is 7.15. The number of nitrogens with one attached hydrogen (secondary N) is 1. The van der Waals surface area contributed by atoms with E-state index in [1.165, 1.54) is 12.1 Å². The van der Waals surface area contributed by atoms with Gasteiger partial charge in [-0.25, -0.2) is 9.18 Å². The highest BCUT2D eigenvalue weighted by Gasteiger charge is 2.29. The summed E-state index contributed by atoms with van der Waals surface area (Å²) in [4.78, 5) is 25.3. The molecule has 1 saturated heterocycles. The number of carbonyl (C=O) groups excluding carboxylic acids is 1. The number of piperidine rings is 1. The van der Waals surface area contributed by atoms with E-state index in [1.807, 2.05) is 0 Å². The molecular formula is C19H27FN2O3. The van der Waals surface area contributed by atoms with Gasteiger partial charge >= 0.3 is 12.0 Å². The van der Waals surface area contributed by atoms with E-state index in [0.29, 0.717) is 25.9 Å². The van der Waals surface area contributed by atoms with Crippen LogP contribution in [-0.4, -0.2) is 35.1 Å². The molecule has 0 saturated carbocycles. The van der Waals surface area contributed by atoms with Crippen molar-refractivity contribution in [2.45, 2.75) is 46.1 Å². The van der Waals surface area contributed by atoms with Gasteiger partial charge in [-0.2, -0.15) is 0 Å². The maximum atomic E-state index is 13.2. The van der Waals surface area contributed by atoms with Crippen LogP contribution in [-0.2, 0) is 4.79 Å². The van der Waals surface area contributed by atoms with E-state index in [9.17, 15) is 14.0 Å². The lowest BCUT2D eigenvalue weighted by molar-refractivity contribution is -0.143. The van der Waals surface area contributed by atoms with Crippen LogP contribution in [0.1, 0.15) is 51.6 Å². The Bertz CT molecular complexity index is 602. The third kappa shape index (κ3) is 5.73. The van der Waals surface area contributed by atoms with Crippen LogP contribution in [0.2, 0.25) is 0 Å². The Labute approximate surface area is 148 Å². The van der Waals surface area contributed by atoms with Crippen molar-refractivity contribution in [2.24, 2.45) is 11.3 Å². The van der Waals surface area contributed by atoms with Crippen LogP contribution in [0.5, 0.6) is 0 Å². The predicted octanol–water partition coefficient (Wildman–Crippen LogP) is 3.81. The molecule has 0 spiro atoms. The summed E-state index contributed by atoms with van der Waals surface area (Å²) < 4.78 is 13.2. The summed E-state index contributed by atoms with van der Waals surface area (Å²) in [7, 11) is 0. The zero-order chi connectivity index (χ0) is 18.6. The Morgan fingerprint density at radius 2 is 1.80 bits per heavy atom. The van der Waals surface area contributed by atoms with Gasteiger partial charge in [0.2, 0.25) is 0 Å². The van der Waals surface area contributed by atoms with Crippen molar-refractivity contribution >= 4 is 12.0 Å². The first-order valence-electron chi connectivity index (χ1n) is 8.69. The Kier molecular flexibility index (Phi) is 6.03. The standard InChI is InChI=1S/C19H27FN2O3/c1-19(2,3)12-16(13-4-6-15(20)7-5-13)21-18(25)22-10-8-14(9-11-22)17(23)24/h4-7,14,16H,8-12H2,1-3H3,(H,21,25)(H,23,24). The van der Waals surface area contributed by atoms with Gasteiger partial charge in [0.15, 0.2) is 0 Å². The minimum Gasteiger partial charge on any atom is -0.481 e. The van der Waals surface area contributed by atoms with Gasteiger partial charge in [0.05, 0.1) is 12.0 Å². The third-order valence-electron chi connectivity index (χ3n) is 4.52. The number of carboxylic acid groups (broad SMARTS) is 1. The molecule has 1 aromatic rings. The molecule has 0 bridgehead atoms. The van der Waals surface area contributed by atoms with Crippen LogP contribution in [0.15, 0.2) is 24.3 Å². The lowest BCUT2D eigenvalue weighted by atomic mass is 9.85. The number of amides is 2. The fourth-order valence-electron chi connectivity index (χ4n) is 3.13. The van der Waals surface area contributed by atoms with E-state index in [2.05, 4.69) is 26.1 Å². The Morgan fingerprint density at radius 3 is 2.28 bits per heavy atom. The number of hydrogen-bond acceptors (Lipinski definition) is 2. The van der Waals surface area contributed by atoms with E-state index in [1.54, 1.807) is 17.0 Å². The van der Waals surface area contributed by atoms with E-state index in [4.69, 9.17) is 5.11 Å². The fraction of sp³-hybridized carbons (Fsp3) is 0.579. The van der Waals surface area contributed by atoms with E-state index in [0.717, 1.165) is 12.0 Å². The zero-order valence-corrected chi connectivity index (χ0v) is 15.1. The first-order valence-corrected chi connectivity index (χ1v) is 8.69. The summed E-state index contributed by atoms with van der Waals surface area (Å²) in [5, 5.41) is 12.1. The van der Waals surface area contributed by atoms with Gasteiger partial charge in [-0.15, -0.1) is 0 Å². The largest absolute Gasteiger partial charge is 0.481 e. The molecule has 1 fully saturated rings. The monoisotopic (exact) mass is 350 g/mol. The molecule has 1 unspecified atom stereocenters. The van der Waals surface area contributed by atoms with Crippen molar-refractivity contribution in [1.82, 2.24) is 10.2 Å². The number of benzene rings is 1. The lowest BCUT2D eigenvalue weighted by Crippen LogP contribution is -2.46. The van der Waals surface area contributed by atoms with Crippen LogP contribution >= 0.6 is 0 Å². The van der Waals surface area contributed by atoms with Gasteiger partial charge in [0.1, 0.15) is 5.82 Å². The second kappa shape index (κ2) is 7.85. The lowest BCUT2D eigenvalue weighted by Gasteiger charge is -2.33. The van der Waals surface area contributed by atoms with Crippen molar-refractivity contribution in [3.8, 4) is 0 Å². The minimum atomic E-state index is -0.794. The molecule has 0 radical (unpaired) electrons. The molecule has 5 nitrogen and oxygen atoms in total. The highest BCUT2D eigenvalue weighted by molar-refractivity contribution is 5.76. The quantitative estimate of drug-likeness (QED) is 0.867. The summed E-state index contributed by atoms with van der Waals surface area (Å²) in [5.41, 5.74) is 0.855. The highest BCUT2D eigenvalue weighted by atomic mass is 19.1. The van der Waals surface area contributed by atoms with Crippen LogP contribution < -0.4 is 5.32 Å². The molecule has 2 amide bonds. The summed E-state index contributed by atoms with van der Waals surface area (Å²) >= 11 is 0. The Hall–Kier alpha value is -2.11. The van der Waals surface area contributed by atoms with E-state index in [-0.39, 0.29) is 29.2 Å². The van der Waals surface area contributed by atoms with E-state index >= 15 is 0 Å². The maximum absolute atomic E-state index is 13.2. The molecular weight excluding hydrogens is 323 g/mol.